The van der Waals surface area contributed by atoms with Crippen molar-refractivity contribution in [2.75, 3.05) is 47.9 Å². The summed E-state index contributed by atoms with van der Waals surface area (Å²) in [5.74, 6) is 0. The molecule has 0 aromatic carbocycles. The minimum atomic E-state index is 0. The molecule has 0 rings (SSSR count). The molecule has 0 bridgehead atoms. The Morgan fingerprint density at radius 1 is 0.800 bits per heavy atom. The molecular weight excluding hydrogens is 432 g/mol. The summed E-state index contributed by atoms with van der Waals surface area (Å²) >= 11 is 0. The zero-order chi connectivity index (χ0) is 9.28. The Morgan fingerprint density at radius 2 is 0.933 bits per heavy atom. The Morgan fingerprint density at radius 3 is 1.00 bits per heavy atom. The van der Waals surface area contributed by atoms with Crippen LogP contribution in [0.3, 0.4) is 0 Å². The topological polar surface area (TPSA) is 26.7 Å². The molecule has 0 spiro atoms. The fourth-order valence-corrected chi connectivity index (χ4v) is 0.400. The van der Waals surface area contributed by atoms with E-state index in [4.69, 9.17) is 5.11 Å². The van der Waals surface area contributed by atoms with Crippen LogP contribution in [0.1, 0.15) is 6.92 Å². The van der Waals surface area contributed by atoms with Gasteiger partial charge < -0.3 is 65.9 Å². The quantitative estimate of drug-likeness (QED) is 0.460. The van der Waals surface area contributed by atoms with E-state index in [9.17, 15) is 0 Å². The van der Waals surface area contributed by atoms with Gasteiger partial charge in [0.25, 0.3) is 0 Å². The standard InChI is InChI=1S/C6H16N2.C2H6O.3BrH.Cr/c1-7(2)5-6-8(3)4;1-2-3;;;;/h5-6H2,1-4H3;3H,2H2,1H3;3*1H;/q;;;;;+3/p-3. The molecule has 0 aromatic heterocycles. The fraction of sp³-hybridized carbons (Fsp3) is 1.00. The Bertz CT molecular complexity index is 72.9. The van der Waals surface area contributed by atoms with E-state index in [0.717, 1.165) is 13.1 Å². The molecule has 0 fully saturated rings. The molecule has 97 valence electrons. The van der Waals surface area contributed by atoms with Crippen molar-refractivity contribution < 1.29 is 73.4 Å². The molecule has 0 aliphatic heterocycles. The predicted molar refractivity (Wildman–Crippen MR) is 49.9 cm³/mol. The second kappa shape index (κ2) is 29.7. The van der Waals surface area contributed by atoms with Gasteiger partial charge in [0.2, 0.25) is 0 Å². The summed E-state index contributed by atoms with van der Waals surface area (Å²) in [6, 6.07) is 0. The van der Waals surface area contributed by atoms with Gasteiger partial charge in [-0.3, -0.25) is 0 Å². The summed E-state index contributed by atoms with van der Waals surface area (Å²) in [5.41, 5.74) is 0. The van der Waals surface area contributed by atoms with Crippen molar-refractivity contribution in [3.8, 4) is 0 Å². The summed E-state index contributed by atoms with van der Waals surface area (Å²) in [5, 5.41) is 7.57. The molecule has 3 nitrogen and oxygen atoms in total. The van der Waals surface area contributed by atoms with E-state index in [1.807, 2.05) is 0 Å². The summed E-state index contributed by atoms with van der Waals surface area (Å²) < 4.78 is 0. The van der Waals surface area contributed by atoms with Crippen molar-refractivity contribution in [2.45, 2.75) is 6.92 Å². The zero-order valence-electron chi connectivity index (χ0n) is 10.0. The van der Waals surface area contributed by atoms with Crippen molar-refractivity contribution >= 4 is 0 Å². The molecule has 0 amide bonds. The molecule has 0 atom stereocenters. The monoisotopic (exact) mass is 451 g/mol. The van der Waals surface area contributed by atoms with Crippen molar-refractivity contribution in [3.63, 3.8) is 0 Å². The van der Waals surface area contributed by atoms with Gasteiger partial charge >= 0.3 is 17.4 Å². The second-order valence-electron chi connectivity index (χ2n) is 2.92. The van der Waals surface area contributed by atoms with E-state index in [0.29, 0.717) is 0 Å². The first-order valence-corrected chi connectivity index (χ1v) is 3.94. The van der Waals surface area contributed by atoms with Crippen molar-refractivity contribution in [1.29, 1.82) is 0 Å². The molecule has 0 unspecified atom stereocenters. The van der Waals surface area contributed by atoms with Crippen LogP contribution in [0.2, 0.25) is 0 Å². The molecule has 15 heavy (non-hydrogen) atoms. The predicted octanol–water partition coefficient (Wildman–Crippen LogP) is -8.88. The molecule has 7 heteroatoms. The molecule has 1 radical (unpaired) electrons. The van der Waals surface area contributed by atoms with Gasteiger partial charge in [0.05, 0.1) is 0 Å². The van der Waals surface area contributed by atoms with Gasteiger partial charge in [0, 0.05) is 19.7 Å². The van der Waals surface area contributed by atoms with E-state index in [1.54, 1.807) is 6.92 Å². The van der Waals surface area contributed by atoms with Gasteiger partial charge in [-0.15, -0.1) is 0 Å². The van der Waals surface area contributed by atoms with Crippen LogP contribution < -0.4 is 50.9 Å². The first-order chi connectivity index (χ1) is 5.04. The van der Waals surface area contributed by atoms with Crippen LogP contribution in [-0.2, 0) is 17.4 Å². The number of rotatable bonds is 3. The van der Waals surface area contributed by atoms with Gasteiger partial charge in [-0.1, -0.05) is 0 Å². The minimum absolute atomic E-state index is 0. The number of likely N-dealkylation sites (N-methyl/N-ethyl adjacent to an activating group) is 2. The fourth-order valence-electron chi connectivity index (χ4n) is 0.400. The normalized spacial score (nSPS) is 7.20. The third-order valence-electron chi connectivity index (χ3n) is 0.994. The van der Waals surface area contributed by atoms with Crippen LogP contribution in [0.25, 0.3) is 0 Å². The van der Waals surface area contributed by atoms with Gasteiger partial charge in [-0.05, 0) is 35.1 Å². The first-order valence-electron chi connectivity index (χ1n) is 3.94. The largest absolute Gasteiger partial charge is 3.00 e. The number of hydrogen-bond acceptors (Lipinski definition) is 3. The van der Waals surface area contributed by atoms with Gasteiger partial charge in [-0.2, -0.15) is 0 Å². The maximum Gasteiger partial charge on any atom is 3.00 e. The van der Waals surface area contributed by atoms with Crippen molar-refractivity contribution in [1.82, 2.24) is 9.80 Å². The number of aliphatic hydroxyl groups is 1. The van der Waals surface area contributed by atoms with E-state index in [-0.39, 0.29) is 74.9 Å². The summed E-state index contributed by atoms with van der Waals surface area (Å²) in [6.07, 6.45) is 0. The molecule has 0 saturated carbocycles. The average molecular weight is 454 g/mol. The van der Waals surface area contributed by atoms with Crippen molar-refractivity contribution in [3.05, 3.63) is 0 Å². The van der Waals surface area contributed by atoms with Gasteiger partial charge in [0.1, 0.15) is 0 Å². The number of hydrogen-bond donors (Lipinski definition) is 1. The average Bonchev–Trinajstić information content (AvgIpc) is 1.85. The third-order valence-corrected chi connectivity index (χ3v) is 0.994. The maximum absolute atomic E-state index is 7.57. The van der Waals surface area contributed by atoms with Gasteiger partial charge in [0.15, 0.2) is 0 Å². The van der Waals surface area contributed by atoms with Gasteiger partial charge in [-0.25, -0.2) is 0 Å². The summed E-state index contributed by atoms with van der Waals surface area (Å²) in [7, 11) is 8.35. The molecule has 0 aliphatic rings. The smallest absolute Gasteiger partial charge is 1.00 e. The Labute approximate surface area is 137 Å². The molecule has 0 aromatic rings. The van der Waals surface area contributed by atoms with Crippen LogP contribution in [0.15, 0.2) is 0 Å². The van der Waals surface area contributed by atoms with E-state index >= 15 is 0 Å². The number of aliphatic hydroxyl groups excluding tert-OH is 1. The Balaban J connectivity index is -0.0000000262. The van der Waals surface area contributed by atoms with Crippen LogP contribution in [0.5, 0.6) is 0 Å². The Hall–Kier alpha value is 1.85. The molecule has 1 N–H and O–H groups in total. The van der Waals surface area contributed by atoms with Crippen LogP contribution >= 0.6 is 0 Å². The summed E-state index contributed by atoms with van der Waals surface area (Å²) in [4.78, 5) is 4.36. The van der Waals surface area contributed by atoms with Crippen LogP contribution in [0.4, 0.5) is 0 Å². The SMILES string of the molecule is CCO.CN(C)CCN(C)C.[Br-].[Br-].[Br-].[Cr+3]. The molecular formula is C8H22Br3CrN2O. The Kier molecular flexibility index (Phi) is 71.2. The third kappa shape index (κ3) is 64.8. The maximum atomic E-state index is 7.57. The number of halogens is 3. The van der Waals surface area contributed by atoms with Crippen molar-refractivity contribution in [2.24, 2.45) is 0 Å². The second-order valence-corrected chi connectivity index (χ2v) is 2.92. The summed E-state index contributed by atoms with van der Waals surface area (Å²) in [6.45, 7) is 4.22. The van der Waals surface area contributed by atoms with E-state index in [1.165, 1.54) is 0 Å². The molecule has 0 saturated heterocycles. The van der Waals surface area contributed by atoms with E-state index in [2.05, 4.69) is 38.0 Å². The van der Waals surface area contributed by atoms with E-state index < -0.39 is 0 Å². The molecule has 0 aliphatic carbocycles. The number of nitrogens with zero attached hydrogens (tertiary/aromatic N) is 2. The van der Waals surface area contributed by atoms with Crippen LogP contribution in [0, 0.1) is 0 Å². The minimum Gasteiger partial charge on any atom is -1.00 e. The zero-order valence-corrected chi connectivity index (χ0v) is 16.0. The molecule has 0 heterocycles. The van der Waals surface area contributed by atoms with Crippen LogP contribution in [-0.4, -0.2) is 62.8 Å². The first kappa shape index (κ1) is 36.0.